The number of nitrogens with one attached hydrogen (secondary N) is 1. The third kappa shape index (κ3) is 4.59. The molecule has 3 aliphatic rings. The van der Waals surface area contributed by atoms with Crippen LogP contribution in [0, 0.1) is 0 Å². The molecule has 0 radical (unpaired) electrons. The minimum absolute atomic E-state index is 0.0575. The molecule has 11 heteroatoms. The fraction of sp³-hybridized carbons (Fsp3) is 0.571. The highest BCUT2D eigenvalue weighted by Gasteiger charge is 2.37. The number of likely N-dealkylation sites (tertiary alicyclic amines) is 1. The first-order valence-electron chi connectivity index (χ1n) is 10.7. The molecule has 0 aromatic heterocycles. The van der Waals surface area contributed by atoms with Gasteiger partial charge in [-0.1, -0.05) is 6.07 Å². The van der Waals surface area contributed by atoms with Gasteiger partial charge in [0.2, 0.25) is 10.0 Å². The van der Waals surface area contributed by atoms with Crippen LogP contribution in [-0.2, 0) is 25.7 Å². The van der Waals surface area contributed by atoms with Crippen LogP contribution in [0.15, 0.2) is 24.3 Å². The van der Waals surface area contributed by atoms with Crippen molar-refractivity contribution in [2.75, 3.05) is 44.6 Å². The van der Waals surface area contributed by atoms with E-state index in [0.717, 1.165) is 18.9 Å². The number of anilines is 1. The first kappa shape index (κ1) is 22.9. The van der Waals surface area contributed by atoms with Crippen LogP contribution in [0.3, 0.4) is 0 Å². The molecular weight excluding hydrogens is 447 g/mol. The highest BCUT2D eigenvalue weighted by Crippen LogP contribution is 2.40. The van der Waals surface area contributed by atoms with Crippen LogP contribution in [0.2, 0.25) is 0 Å². The lowest BCUT2D eigenvalue weighted by molar-refractivity contribution is -0.137. The lowest BCUT2D eigenvalue weighted by Crippen LogP contribution is -2.47. The molecule has 0 spiro atoms. The molecule has 7 nitrogen and oxygen atoms in total. The number of halogens is 3. The number of hydrogen-bond acceptors (Lipinski definition) is 5. The van der Waals surface area contributed by atoms with E-state index in [4.69, 9.17) is 4.74 Å². The van der Waals surface area contributed by atoms with Crippen LogP contribution in [-0.4, -0.2) is 68.1 Å². The molecular formula is C21H26F3N3O4S. The van der Waals surface area contributed by atoms with Crippen molar-refractivity contribution in [3.8, 4) is 0 Å². The van der Waals surface area contributed by atoms with Crippen molar-refractivity contribution in [3.05, 3.63) is 35.4 Å². The second kappa shape index (κ2) is 8.93. The minimum Gasteiger partial charge on any atom is -0.483 e. The summed E-state index contributed by atoms with van der Waals surface area (Å²) in [4.78, 5) is 14.2. The molecule has 1 aromatic rings. The third-order valence-electron chi connectivity index (χ3n) is 6.19. The van der Waals surface area contributed by atoms with Crippen LogP contribution in [0.25, 0.3) is 5.76 Å². The van der Waals surface area contributed by atoms with Crippen LogP contribution in [0.1, 0.15) is 36.8 Å². The summed E-state index contributed by atoms with van der Waals surface area (Å²) in [6.45, 7) is 1.60. The smallest absolute Gasteiger partial charge is 0.418 e. The van der Waals surface area contributed by atoms with E-state index < -0.39 is 27.0 Å². The monoisotopic (exact) mass is 473 g/mol. The molecule has 2 fully saturated rings. The normalized spacial score (nSPS) is 20.5. The molecule has 4 rings (SSSR count). The maximum Gasteiger partial charge on any atom is 0.418 e. The predicted octanol–water partition coefficient (Wildman–Crippen LogP) is 2.91. The zero-order chi connectivity index (χ0) is 22.9. The summed E-state index contributed by atoms with van der Waals surface area (Å²) in [6, 6.07) is 3.82. The van der Waals surface area contributed by atoms with E-state index in [1.54, 1.807) is 15.3 Å². The van der Waals surface area contributed by atoms with Crippen LogP contribution in [0.4, 0.5) is 18.9 Å². The number of sulfonamides is 1. The number of hydrogen-bond donors (Lipinski definition) is 1. The number of ether oxygens (including phenoxy) is 1. The molecule has 0 bridgehead atoms. The number of piperidine rings is 1. The van der Waals surface area contributed by atoms with Gasteiger partial charge in [-0.05, 0) is 43.9 Å². The van der Waals surface area contributed by atoms with Gasteiger partial charge in [0.05, 0.1) is 16.5 Å². The molecule has 3 aliphatic heterocycles. The summed E-state index contributed by atoms with van der Waals surface area (Å²) in [5.41, 5.74) is -0.580. The van der Waals surface area contributed by atoms with Gasteiger partial charge in [0.25, 0.3) is 5.91 Å². The van der Waals surface area contributed by atoms with Crippen molar-refractivity contribution in [2.45, 2.75) is 37.1 Å². The van der Waals surface area contributed by atoms with Crippen LogP contribution in [0.5, 0.6) is 0 Å². The number of para-hydroxylation sites is 1. The first-order valence-corrected chi connectivity index (χ1v) is 12.2. The highest BCUT2D eigenvalue weighted by molar-refractivity contribution is 7.89. The summed E-state index contributed by atoms with van der Waals surface area (Å²) >= 11 is 0. The molecule has 2 saturated heterocycles. The largest absolute Gasteiger partial charge is 0.483 e. The topological polar surface area (TPSA) is 79.0 Å². The Kier molecular flexibility index (Phi) is 6.39. The number of carbonyl (C=O) groups is 1. The van der Waals surface area contributed by atoms with Gasteiger partial charge in [0.1, 0.15) is 5.76 Å². The molecule has 176 valence electrons. The van der Waals surface area contributed by atoms with Crippen molar-refractivity contribution < 1.29 is 31.1 Å². The van der Waals surface area contributed by atoms with Gasteiger partial charge in [0.15, 0.2) is 6.61 Å². The van der Waals surface area contributed by atoms with E-state index in [2.05, 4.69) is 5.32 Å². The minimum atomic E-state index is -4.50. The Morgan fingerprint density at radius 2 is 1.81 bits per heavy atom. The summed E-state index contributed by atoms with van der Waals surface area (Å²) in [7, 11) is -3.33. The van der Waals surface area contributed by atoms with E-state index in [-0.39, 0.29) is 36.1 Å². The van der Waals surface area contributed by atoms with Gasteiger partial charge in [-0.3, -0.25) is 4.79 Å². The Bertz CT molecular complexity index is 996. The first-order chi connectivity index (χ1) is 15.2. The van der Waals surface area contributed by atoms with E-state index in [9.17, 15) is 26.4 Å². The molecule has 0 saturated carbocycles. The summed E-state index contributed by atoms with van der Waals surface area (Å²) in [6.07, 6.45) is -0.398. The number of rotatable bonds is 5. The average Bonchev–Trinajstić information content (AvgIpc) is 3.32. The molecule has 32 heavy (non-hydrogen) atoms. The van der Waals surface area contributed by atoms with Gasteiger partial charge in [0, 0.05) is 38.3 Å². The Morgan fingerprint density at radius 1 is 1.12 bits per heavy atom. The lowest BCUT2D eigenvalue weighted by atomic mass is 10.0. The van der Waals surface area contributed by atoms with Crippen LogP contribution < -0.4 is 5.32 Å². The fourth-order valence-electron chi connectivity index (χ4n) is 4.46. The Morgan fingerprint density at radius 3 is 2.47 bits per heavy atom. The van der Waals surface area contributed by atoms with Gasteiger partial charge >= 0.3 is 6.18 Å². The van der Waals surface area contributed by atoms with Crippen molar-refractivity contribution in [2.24, 2.45) is 0 Å². The maximum atomic E-state index is 13.3. The maximum absolute atomic E-state index is 13.3. The Balaban J connectivity index is 1.34. The molecule has 0 unspecified atom stereocenters. The third-order valence-corrected chi connectivity index (χ3v) is 8.59. The second-order valence-electron chi connectivity index (χ2n) is 8.20. The summed E-state index contributed by atoms with van der Waals surface area (Å²) in [5.74, 6) is -0.0836. The zero-order valence-electron chi connectivity index (χ0n) is 17.5. The summed E-state index contributed by atoms with van der Waals surface area (Å²) < 4.78 is 72.4. The molecule has 1 amide bonds. The van der Waals surface area contributed by atoms with E-state index >= 15 is 0 Å². The van der Waals surface area contributed by atoms with E-state index in [1.165, 1.54) is 12.1 Å². The van der Waals surface area contributed by atoms with Crippen LogP contribution >= 0.6 is 0 Å². The van der Waals surface area contributed by atoms with Gasteiger partial charge in [-0.15, -0.1) is 0 Å². The number of carbonyl (C=O) groups excluding carboxylic acids is 1. The Hall–Kier alpha value is -2.27. The standard InChI is InChI=1S/C21H26F3N3O4S/c22-21(23,24)17-5-3-4-16-18(6-9-25-20(16)17)31-14-19(28)26-12-7-15(8-13-26)32(29,30)27-10-1-2-11-27/h3-6,15,25H,1-2,7-14H2. The van der Waals surface area contributed by atoms with Gasteiger partial charge in [-0.2, -0.15) is 13.2 Å². The van der Waals surface area contributed by atoms with Crippen molar-refractivity contribution in [1.29, 1.82) is 0 Å². The molecule has 0 atom stereocenters. The molecule has 0 aliphatic carbocycles. The quantitative estimate of drug-likeness (QED) is 0.712. The number of benzene rings is 1. The van der Waals surface area contributed by atoms with Gasteiger partial charge in [-0.25, -0.2) is 12.7 Å². The predicted molar refractivity (Wildman–Crippen MR) is 113 cm³/mol. The average molecular weight is 474 g/mol. The number of fused-ring (bicyclic) bond motifs is 1. The zero-order valence-corrected chi connectivity index (χ0v) is 18.3. The molecule has 3 heterocycles. The fourth-order valence-corrected chi connectivity index (χ4v) is 6.46. The SMILES string of the molecule is O=C(COC1=CCNc2c1cccc2C(F)(F)F)N1CCC(S(=O)(=O)N2CCCC2)CC1. The lowest BCUT2D eigenvalue weighted by Gasteiger charge is -2.33. The number of alkyl halides is 3. The molecule has 1 N–H and O–H groups in total. The van der Waals surface area contributed by atoms with Crippen molar-refractivity contribution >= 4 is 27.4 Å². The summed E-state index contributed by atoms with van der Waals surface area (Å²) in [5, 5.41) is 2.25. The van der Waals surface area contributed by atoms with Crippen molar-refractivity contribution in [1.82, 2.24) is 9.21 Å². The highest BCUT2D eigenvalue weighted by atomic mass is 32.2. The number of nitrogens with zero attached hydrogens (tertiary/aromatic N) is 2. The second-order valence-corrected chi connectivity index (χ2v) is 10.4. The Labute approximate surface area is 185 Å². The van der Waals surface area contributed by atoms with Crippen molar-refractivity contribution in [3.63, 3.8) is 0 Å². The van der Waals surface area contributed by atoms with E-state index in [1.807, 2.05) is 0 Å². The number of amides is 1. The van der Waals surface area contributed by atoms with Gasteiger partial charge < -0.3 is 15.0 Å². The van der Waals surface area contributed by atoms with E-state index in [0.29, 0.717) is 39.0 Å². The molecule has 1 aromatic carbocycles.